The molecule has 3 rings (SSSR count). The van der Waals surface area contributed by atoms with Crippen molar-refractivity contribution < 1.29 is 22.6 Å². The molecule has 6 heteroatoms. The summed E-state index contributed by atoms with van der Waals surface area (Å²) in [4.78, 5) is 25.2. The van der Waals surface area contributed by atoms with Crippen molar-refractivity contribution in [3.05, 3.63) is 64.2 Å². The van der Waals surface area contributed by atoms with Gasteiger partial charge in [-0.1, -0.05) is 50.5 Å². The largest absolute Gasteiger partial charge is 0.294 e. The third-order valence-electron chi connectivity index (χ3n) is 4.68. The summed E-state index contributed by atoms with van der Waals surface area (Å²) in [5, 5.41) is 0. The first-order valence-corrected chi connectivity index (χ1v) is 10.1. The topological polar surface area (TPSA) is 88.5 Å². The van der Waals surface area contributed by atoms with Gasteiger partial charge in [-0.3, -0.25) is 14.1 Å². The Kier molecular flexibility index (Phi) is 5.07. The molecule has 0 heterocycles. The fourth-order valence-electron chi connectivity index (χ4n) is 3.35. The third-order valence-corrected chi connectivity index (χ3v) is 5.62. The van der Waals surface area contributed by atoms with Crippen LogP contribution in [0.4, 0.5) is 0 Å². The summed E-state index contributed by atoms with van der Waals surface area (Å²) in [6.07, 6.45) is 4.16. The van der Waals surface area contributed by atoms with Gasteiger partial charge in [-0.25, -0.2) is 0 Å². The molecule has 0 fully saturated rings. The smallest absolute Gasteiger partial charge is 0.289 e. The average Bonchev–Trinajstić information content (AvgIpc) is 2.62. The van der Waals surface area contributed by atoms with Crippen LogP contribution in [0.1, 0.15) is 70.0 Å². The predicted octanol–water partition coefficient (Wildman–Crippen LogP) is 3.83. The highest BCUT2D eigenvalue weighted by atomic mass is 32.2. The number of carbonyl (C=O) groups excluding carboxylic acids is 2. The van der Waals surface area contributed by atoms with Gasteiger partial charge in [-0.15, -0.1) is 0 Å². The molecule has 2 aromatic carbocycles. The van der Waals surface area contributed by atoms with Crippen LogP contribution in [0, 0.1) is 0 Å². The van der Waals surface area contributed by atoms with Crippen LogP contribution in [0.5, 0.6) is 0 Å². The molecule has 0 spiro atoms. The lowest BCUT2D eigenvalue weighted by Crippen LogP contribution is -2.22. The van der Waals surface area contributed by atoms with Crippen LogP contribution < -0.4 is 0 Å². The number of hydrogen-bond donors (Lipinski definition) is 1. The van der Waals surface area contributed by atoms with E-state index in [9.17, 15) is 22.6 Å². The maximum Gasteiger partial charge on any atom is 0.294 e. The van der Waals surface area contributed by atoms with Crippen molar-refractivity contribution in [3.63, 3.8) is 0 Å². The van der Waals surface area contributed by atoms with Gasteiger partial charge in [0, 0.05) is 22.3 Å². The molecule has 0 bridgehead atoms. The van der Waals surface area contributed by atoms with E-state index < -0.39 is 15.9 Å². The fraction of sp³-hybridized carbons (Fsp3) is 0.300. The van der Waals surface area contributed by atoms with Crippen LogP contribution >= 0.6 is 0 Å². The summed E-state index contributed by atoms with van der Waals surface area (Å²) in [6.45, 7) is 2.07. The van der Waals surface area contributed by atoms with Gasteiger partial charge in [-0.05, 0) is 30.5 Å². The Morgan fingerprint density at radius 1 is 0.846 bits per heavy atom. The molecule has 136 valence electrons. The normalized spacial score (nSPS) is 13.5. The molecule has 5 nitrogen and oxygen atoms in total. The number of unbranched alkanes of at least 4 members (excludes halogenated alkanes) is 3. The van der Waals surface area contributed by atoms with Crippen LogP contribution in [-0.4, -0.2) is 24.5 Å². The minimum atomic E-state index is -4.49. The van der Waals surface area contributed by atoms with Crippen LogP contribution in [0.2, 0.25) is 0 Å². The van der Waals surface area contributed by atoms with E-state index in [0.717, 1.165) is 31.7 Å². The zero-order chi connectivity index (χ0) is 18.9. The first kappa shape index (κ1) is 18.5. The number of aryl methyl sites for hydroxylation is 1. The molecule has 1 N–H and O–H groups in total. The monoisotopic (exact) mass is 372 g/mol. The van der Waals surface area contributed by atoms with Crippen LogP contribution in [0.3, 0.4) is 0 Å². The first-order chi connectivity index (χ1) is 12.3. The second-order valence-electron chi connectivity index (χ2n) is 6.50. The second kappa shape index (κ2) is 7.13. The maximum absolute atomic E-state index is 12.8. The molecule has 0 amide bonds. The van der Waals surface area contributed by atoms with Gasteiger partial charge < -0.3 is 0 Å². The molecular weight excluding hydrogens is 352 g/mol. The van der Waals surface area contributed by atoms with E-state index in [1.54, 1.807) is 24.3 Å². The minimum absolute atomic E-state index is 0.0265. The molecule has 1 aliphatic rings. The first-order valence-electron chi connectivity index (χ1n) is 8.67. The van der Waals surface area contributed by atoms with Crippen LogP contribution in [0.15, 0.2) is 41.3 Å². The van der Waals surface area contributed by atoms with Gasteiger partial charge in [0.05, 0.1) is 4.90 Å². The van der Waals surface area contributed by atoms with Crippen molar-refractivity contribution in [3.8, 4) is 0 Å². The predicted molar refractivity (Wildman–Crippen MR) is 97.4 cm³/mol. The maximum atomic E-state index is 12.8. The van der Waals surface area contributed by atoms with E-state index in [1.165, 1.54) is 6.07 Å². The molecule has 2 aromatic rings. The second-order valence-corrected chi connectivity index (χ2v) is 7.89. The van der Waals surface area contributed by atoms with Crippen molar-refractivity contribution in [2.45, 2.75) is 43.9 Å². The Balaban J connectivity index is 2.11. The molecular formula is C20H20O5S. The SMILES string of the molecule is CCCCCCc1cc2c(cc1S(=O)(=O)O)C(=O)c1ccccc1C2=O. The Labute approximate surface area is 152 Å². The van der Waals surface area contributed by atoms with Crippen molar-refractivity contribution in [2.24, 2.45) is 0 Å². The summed E-state index contributed by atoms with van der Waals surface area (Å²) in [6, 6.07) is 9.09. The highest BCUT2D eigenvalue weighted by Gasteiger charge is 2.32. The van der Waals surface area contributed by atoms with E-state index >= 15 is 0 Å². The lowest BCUT2D eigenvalue weighted by molar-refractivity contribution is 0.0978. The Hall–Kier alpha value is -2.31. The Bertz CT molecular complexity index is 989. The number of hydrogen-bond acceptors (Lipinski definition) is 4. The quantitative estimate of drug-likeness (QED) is 0.525. The zero-order valence-electron chi connectivity index (χ0n) is 14.5. The average molecular weight is 372 g/mol. The summed E-state index contributed by atoms with van der Waals surface area (Å²) in [5.74, 6) is -0.704. The number of ketones is 2. The van der Waals surface area contributed by atoms with Gasteiger partial charge in [0.25, 0.3) is 10.1 Å². The number of carbonyl (C=O) groups is 2. The highest BCUT2D eigenvalue weighted by Crippen LogP contribution is 2.31. The van der Waals surface area contributed by atoms with Gasteiger partial charge in [0.1, 0.15) is 0 Å². The van der Waals surface area contributed by atoms with Crippen molar-refractivity contribution >= 4 is 21.7 Å². The number of benzene rings is 2. The summed E-state index contributed by atoms with van der Waals surface area (Å²) < 4.78 is 33.2. The molecule has 0 aromatic heterocycles. The minimum Gasteiger partial charge on any atom is -0.289 e. The molecule has 26 heavy (non-hydrogen) atoms. The highest BCUT2D eigenvalue weighted by molar-refractivity contribution is 7.85. The lowest BCUT2D eigenvalue weighted by atomic mass is 9.83. The Morgan fingerprint density at radius 2 is 1.42 bits per heavy atom. The van der Waals surface area contributed by atoms with Gasteiger partial charge in [-0.2, -0.15) is 8.42 Å². The van der Waals surface area contributed by atoms with E-state index in [2.05, 4.69) is 6.92 Å². The molecule has 0 unspecified atom stereocenters. The summed E-state index contributed by atoms with van der Waals surface area (Å²) >= 11 is 0. The number of rotatable bonds is 6. The van der Waals surface area contributed by atoms with Gasteiger partial charge in [0.15, 0.2) is 11.6 Å². The van der Waals surface area contributed by atoms with E-state index in [0.29, 0.717) is 17.5 Å². The molecule has 1 aliphatic carbocycles. The molecule has 0 saturated carbocycles. The van der Waals surface area contributed by atoms with E-state index in [1.807, 2.05) is 0 Å². The molecule has 0 atom stereocenters. The van der Waals surface area contributed by atoms with Crippen molar-refractivity contribution in [1.29, 1.82) is 0 Å². The molecule has 0 aliphatic heterocycles. The van der Waals surface area contributed by atoms with Crippen LogP contribution in [0.25, 0.3) is 0 Å². The molecule has 0 saturated heterocycles. The van der Waals surface area contributed by atoms with Gasteiger partial charge >= 0.3 is 0 Å². The number of fused-ring (bicyclic) bond motifs is 2. The zero-order valence-corrected chi connectivity index (χ0v) is 15.3. The van der Waals surface area contributed by atoms with Crippen molar-refractivity contribution in [1.82, 2.24) is 0 Å². The Morgan fingerprint density at radius 3 is 1.96 bits per heavy atom. The van der Waals surface area contributed by atoms with Gasteiger partial charge in [0.2, 0.25) is 0 Å². The fourth-order valence-corrected chi connectivity index (χ4v) is 4.11. The lowest BCUT2D eigenvalue weighted by Gasteiger charge is -2.19. The molecule has 0 radical (unpaired) electrons. The third kappa shape index (κ3) is 3.34. The van der Waals surface area contributed by atoms with E-state index in [4.69, 9.17) is 0 Å². The summed E-state index contributed by atoms with van der Waals surface area (Å²) in [5.41, 5.74) is 1.18. The standard InChI is InChI=1S/C20H20O5S/c1-2-3-4-5-8-13-11-16-17(12-18(13)26(23,24)25)20(22)15-10-7-6-9-14(15)19(16)21/h6-7,9-12H,2-5,8H2,1H3,(H,23,24,25). The summed E-state index contributed by atoms with van der Waals surface area (Å²) in [7, 11) is -4.49. The van der Waals surface area contributed by atoms with Crippen LogP contribution in [-0.2, 0) is 16.5 Å². The van der Waals surface area contributed by atoms with Crippen molar-refractivity contribution in [2.75, 3.05) is 0 Å². The van der Waals surface area contributed by atoms with E-state index in [-0.39, 0.29) is 27.4 Å².